The minimum absolute atomic E-state index is 0.0694. The fraction of sp³-hybridized carbons (Fsp3) is 0.500. The van der Waals surface area contributed by atoms with Crippen LogP contribution < -0.4 is 5.32 Å². The minimum atomic E-state index is -2.21. The summed E-state index contributed by atoms with van der Waals surface area (Å²) in [6, 6.07) is 5.08. The molecule has 0 radical (unpaired) electrons. The summed E-state index contributed by atoms with van der Waals surface area (Å²) in [7, 11) is 0. The van der Waals surface area contributed by atoms with Crippen molar-refractivity contribution in [3.05, 3.63) is 29.8 Å². The van der Waals surface area contributed by atoms with Crippen LogP contribution in [0.3, 0.4) is 0 Å². The molecular weight excluding hydrogens is 452 g/mol. The molecular formula is C22H26N2O10. The van der Waals surface area contributed by atoms with Crippen molar-refractivity contribution < 1.29 is 48.1 Å². The lowest BCUT2D eigenvalue weighted by Crippen LogP contribution is -2.57. The lowest BCUT2D eigenvalue weighted by molar-refractivity contribution is -0.262. The van der Waals surface area contributed by atoms with E-state index >= 15 is 0 Å². The van der Waals surface area contributed by atoms with Gasteiger partial charge >= 0.3 is 23.6 Å². The third-order valence-electron chi connectivity index (χ3n) is 5.14. The lowest BCUT2D eigenvalue weighted by atomic mass is 9.98. The van der Waals surface area contributed by atoms with E-state index in [-0.39, 0.29) is 31.6 Å². The molecule has 2 heterocycles. The Kier molecular flexibility index (Phi) is 7.10. The molecule has 2 aliphatic rings. The Labute approximate surface area is 195 Å². The number of benzene rings is 1. The minimum Gasteiger partial charge on any atom is -0.508 e. The third kappa shape index (κ3) is 5.28. The van der Waals surface area contributed by atoms with Crippen LogP contribution in [0.1, 0.15) is 39.2 Å². The normalized spacial score (nSPS) is 22.3. The number of esters is 3. The number of carbonyl (C=O) groups excluding carboxylic acids is 5. The summed E-state index contributed by atoms with van der Waals surface area (Å²) in [5.41, 5.74) is -2.68. The molecule has 0 aromatic heterocycles. The Morgan fingerprint density at radius 3 is 2.53 bits per heavy atom. The maximum absolute atomic E-state index is 12.9. The van der Waals surface area contributed by atoms with Crippen molar-refractivity contribution in [2.75, 3.05) is 13.4 Å². The van der Waals surface area contributed by atoms with Crippen LogP contribution in [0.25, 0.3) is 0 Å². The number of hydrogen-bond donors (Lipinski definition) is 2. The molecule has 12 nitrogen and oxygen atoms in total. The first-order valence-electron chi connectivity index (χ1n) is 10.5. The molecule has 3 rings (SSSR count). The molecule has 2 N–H and O–H groups in total. The summed E-state index contributed by atoms with van der Waals surface area (Å²) in [6.45, 7) is 3.76. The number of carbonyl (C=O) groups is 5. The summed E-state index contributed by atoms with van der Waals surface area (Å²) in [5.74, 6) is -4.01. The van der Waals surface area contributed by atoms with Crippen LogP contribution in [0.15, 0.2) is 24.3 Å². The number of phenols is 1. The van der Waals surface area contributed by atoms with Crippen molar-refractivity contribution >= 4 is 29.7 Å². The van der Waals surface area contributed by atoms with E-state index in [0.29, 0.717) is 10.6 Å². The van der Waals surface area contributed by atoms with Crippen LogP contribution in [0.5, 0.6) is 5.75 Å². The SMILES string of the molecule is CC(C)(C)C(=O)OCOC(=O)C1(N2OC[C@H](NC(=O)Cc3ccccc3O)C2=O)CCC(=O)O1. The highest BCUT2D eigenvalue weighted by atomic mass is 16.8. The van der Waals surface area contributed by atoms with Gasteiger partial charge in [0.1, 0.15) is 18.4 Å². The van der Waals surface area contributed by atoms with Gasteiger partial charge in [0.05, 0.1) is 18.3 Å². The van der Waals surface area contributed by atoms with Gasteiger partial charge in [0, 0.05) is 12.0 Å². The van der Waals surface area contributed by atoms with E-state index in [1.807, 2.05) is 0 Å². The van der Waals surface area contributed by atoms with Crippen LogP contribution in [0.4, 0.5) is 0 Å². The highest BCUT2D eigenvalue weighted by Gasteiger charge is 2.60. The number of ether oxygens (including phenoxy) is 3. The molecule has 34 heavy (non-hydrogen) atoms. The Balaban J connectivity index is 1.65. The zero-order chi connectivity index (χ0) is 25.1. The van der Waals surface area contributed by atoms with Crippen LogP contribution in [-0.2, 0) is 49.4 Å². The highest BCUT2D eigenvalue weighted by molar-refractivity contribution is 5.95. The first-order valence-corrected chi connectivity index (χ1v) is 10.5. The Morgan fingerprint density at radius 2 is 1.91 bits per heavy atom. The van der Waals surface area contributed by atoms with Crippen LogP contribution in [-0.4, -0.2) is 65.1 Å². The zero-order valence-corrected chi connectivity index (χ0v) is 19.0. The smallest absolute Gasteiger partial charge is 0.377 e. The number of nitrogens with zero attached hydrogens (tertiary/aromatic N) is 1. The number of phenolic OH excluding ortho intramolecular Hbond substituents is 1. The van der Waals surface area contributed by atoms with Gasteiger partial charge in [-0.25, -0.2) is 4.79 Å². The van der Waals surface area contributed by atoms with Crippen LogP contribution in [0, 0.1) is 5.41 Å². The van der Waals surface area contributed by atoms with Crippen molar-refractivity contribution in [2.45, 2.75) is 51.8 Å². The van der Waals surface area contributed by atoms with Gasteiger partial charge in [-0.2, -0.15) is 5.06 Å². The fourth-order valence-corrected chi connectivity index (χ4v) is 3.29. The lowest BCUT2D eigenvalue weighted by Gasteiger charge is -2.32. The zero-order valence-electron chi connectivity index (χ0n) is 19.0. The van der Waals surface area contributed by atoms with Gasteiger partial charge in [0.15, 0.2) is 0 Å². The van der Waals surface area contributed by atoms with Crippen LogP contribution >= 0.6 is 0 Å². The molecule has 2 saturated heterocycles. The molecule has 2 amide bonds. The molecule has 0 spiro atoms. The first-order chi connectivity index (χ1) is 15.9. The summed E-state index contributed by atoms with van der Waals surface area (Å²) >= 11 is 0. The number of nitrogens with one attached hydrogen (secondary N) is 1. The average molecular weight is 478 g/mol. The second-order valence-corrected chi connectivity index (χ2v) is 8.84. The fourth-order valence-electron chi connectivity index (χ4n) is 3.29. The van der Waals surface area contributed by atoms with E-state index in [9.17, 15) is 29.1 Å². The van der Waals surface area contributed by atoms with Gasteiger partial charge in [-0.1, -0.05) is 18.2 Å². The summed E-state index contributed by atoms with van der Waals surface area (Å²) in [5, 5.41) is 12.9. The maximum atomic E-state index is 12.9. The average Bonchev–Trinajstić information content (AvgIpc) is 3.32. The van der Waals surface area contributed by atoms with Gasteiger partial charge in [-0.05, 0) is 26.8 Å². The number of hydrogen-bond acceptors (Lipinski definition) is 10. The Morgan fingerprint density at radius 1 is 1.21 bits per heavy atom. The van der Waals surface area contributed by atoms with Gasteiger partial charge in [-0.3, -0.25) is 24.0 Å². The highest BCUT2D eigenvalue weighted by Crippen LogP contribution is 2.35. The predicted molar refractivity (Wildman–Crippen MR) is 111 cm³/mol. The molecule has 12 heteroatoms. The second kappa shape index (κ2) is 9.67. The number of cyclic esters (lactones) is 1. The number of para-hydroxylation sites is 1. The summed E-state index contributed by atoms with van der Waals surface area (Å²) < 4.78 is 15.0. The van der Waals surface area contributed by atoms with E-state index in [1.165, 1.54) is 6.07 Å². The van der Waals surface area contributed by atoms with Crippen molar-refractivity contribution in [3.63, 3.8) is 0 Å². The van der Waals surface area contributed by atoms with Gasteiger partial charge in [0.2, 0.25) is 12.7 Å². The molecule has 2 aliphatic heterocycles. The van der Waals surface area contributed by atoms with Crippen molar-refractivity contribution in [1.29, 1.82) is 0 Å². The number of amides is 2. The van der Waals surface area contributed by atoms with E-state index < -0.39 is 53.7 Å². The molecule has 1 aromatic carbocycles. The van der Waals surface area contributed by atoms with Gasteiger partial charge in [-0.15, -0.1) is 0 Å². The van der Waals surface area contributed by atoms with Gasteiger partial charge < -0.3 is 24.6 Å². The summed E-state index contributed by atoms with van der Waals surface area (Å²) in [4.78, 5) is 67.1. The quantitative estimate of drug-likeness (QED) is 0.413. The number of hydroxylamine groups is 2. The van der Waals surface area contributed by atoms with E-state index in [4.69, 9.17) is 19.0 Å². The van der Waals surface area contributed by atoms with E-state index in [0.717, 1.165) is 0 Å². The van der Waals surface area contributed by atoms with E-state index in [2.05, 4.69) is 5.32 Å². The number of rotatable bonds is 7. The molecule has 1 unspecified atom stereocenters. The van der Waals surface area contributed by atoms with Crippen molar-refractivity contribution in [1.82, 2.24) is 10.4 Å². The molecule has 0 aliphatic carbocycles. The molecule has 2 atom stereocenters. The molecule has 0 saturated carbocycles. The Bertz CT molecular complexity index is 1000. The molecule has 2 fully saturated rings. The monoisotopic (exact) mass is 478 g/mol. The largest absolute Gasteiger partial charge is 0.508 e. The summed E-state index contributed by atoms with van der Waals surface area (Å²) in [6.07, 6.45) is -0.631. The van der Waals surface area contributed by atoms with E-state index in [1.54, 1.807) is 39.0 Å². The topological polar surface area (TPSA) is 158 Å². The van der Waals surface area contributed by atoms with Crippen molar-refractivity contribution in [2.24, 2.45) is 5.41 Å². The standard InChI is InChI=1S/C22H26N2O10/c1-21(2,3)19(29)31-12-32-20(30)22(9-8-17(27)34-22)24-18(28)14(11-33-24)23-16(26)10-13-6-4-5-7-15(13)25/h4-7,14,25H,8-12H2,1-3H3,(H,23,26)/t14-,22?/m0/s1. The van der Waals surface area contributed by atoms with Crippen molar-refractivity contribution in [3.8, 4) is 5.75 Å². The van der Waals surface area contributed by atoms with Crippen LogP contribution in [0.2, 0.25) is 0 Å². The predicted octanol–water partition coefficient (Wildman–Crippen LogP) is 0.317. The molecule has 184 valence electrons. The molecule has 1 aromatic rings. The third-order valence-corrected chi connectivity index (χ3v) is 5.14. The second-order valence-electron chi connectivity index (χ2n) is 8.84. The molecule has 0 bridgehead atoms. The Hall–Kier alpha value is -3.67. The number of aromatic hydroxyl groups is 1. The van der Waals surface area contributed by atoms with Gasteiger partial charge in [0.25, 0.3) is 5.91 Å². The first kappa shape index (κ1) is 25.0. The maximum Gasteiger partial charge on any atom is 0.377 e.